The quantitative estimate of drug-likeness (QED) is 0.747. The van der Waals surface area contributed by atoms with Gasteiger partial charge in [0, 0.05) is 40.8 Å². The van der Waals surface area contributed by atoms with Gasteiger partial charge in [-0.05, 0) is 18.2 Å². The molecular weight excluding hydrogens is 368 g/mol. The minimum absolute atomic E-state index is 0.201. The normalized spacial score (nSPS) is 11.2. The zero-order chi connectivity index (χ0) is 15.7. The number of anilines is 1. The number of nitrogens with zero attached hydrogens (tertiary/aromatic N) is 3. The van der Waals surface area contributed by atoms with Gasteiger partial charge in [-0.15, -0.1) is 0 Å². The third-order valence-electron chi connectivity index (χ3n) is 3.40. The zero-order valence-electron chi connectivity index (χ0n) is 11.9. The molecule has 0 aliphatic rings. The molecule has 0 radical (unpaired) electrons. The number of methoxy groups -OCH3 is 1. The molecule has 0 spiro atoms. The Morgan fingerprint density at radius 1 is 1.41 bits per heavy atom. The summed E-state index contributed by atoms with van der Waals surface area (Å²) in [5.41, 5.74) is 8.35. The third kappa shape index (κ3) is 2.82. The number of nitrogens with two attached hydrogens (primary N) is 1. The summed E-state index contributed by atoms with van der Waals surface area (Å²) in [7, 11) is 1.69. The molecule has 3 rings (SSSR count). The summed E-state index contributed by atoms with van der Waals surface area (Å²) in [6, 6.07) is 6.10. The lowest BCUT2D eigenvalue weighted by atomic mass is 10.1. The number of ether oxygens (including phenoxy) is 1. The van der Waals surface area contributed by atoms with E-state index in [1.165, 1.54) is 6.20 Å². The highest BCUT2D eigenvalue weighted by Crippen LogP contribution is 2.35. The molecule has 22 heavy (non-hydrogen) atoms. The summed E-state index contributed by atoms with van der Waals surface area (Å²) >= 11 is 9.77. The van der Waals surface area contributed by atoms with Gasteiger partial charge in [0.15, 0.2) is 0 Å². The van der Waals surface area contributed by atoms with Crippen LogP contribution in [0, 0.1) is 0 Å². The van der Waals surface area contributed by atoms with E-state index in [4.69, 9.17) is 22.1 Å². The highest BCUT2D eigenvalue weighted by molar-refractivity contribution is 9.10. The van der Waals surface area contributed by atoms with Crippen molar-refractivity contribution in [3.63, 3.8) is 0 Å². The third-order valence-corrected chi connectivity index (χ3v) is 4.17. The van der Waals surface area contributed by atoms with Crippen LogP contribution in [0.4, 0.5) is 5.95 Å². The number of hydrogen-bond acceptors (Lipinski definition) is 4. The first-order chi connectivity index (χ1) is 10.6. The van der Waals surface area contributed by atoms with E-state index in [-0.39, 0.29) is 5.95 Å². The lowest BCUT2D eigenvalue weighted by Gasteiger charge is -2.03. The van der Waals surface area contributed by atoms with E-state index in [1.54, 1.807) is 7.11 Å². The molecule has 7 heteroatoms. The van der Waals surface area contributed by atoms with Crippen LogP contribution in [0.25, 0.3) is 22.2 Å². The van der Waals surface area contributed by atoms with Gasteiger partial charge in [0.05, 0.1) is 23.5 Å². The maximum Gasteiger partial charge on any atom is 0.220 e. The van der Waals surface area contributed by atoms with Crippen molar-refractivity contribution in [1.29, 1.82) is 0 Å². The van der Waals surface area contributed by atoms with E-state index in [9.17, 15) is 0 Å². The minimum Gasteiger partial charge on any atom is -0.383 e. The van der Waals surface area contributed by atoms with Gasteiger partial charge in [0.25, 0.3) is 0 Å². The first-order valence-electron chi connectivity index (χ1n) is 6.66. The van der Waals surface area contributed by atoms with Crippen molar-refractivity contribution in [2.75, 3.05) is 19.5 Å². The number of fused-ring (bicyclic) bond motifs is 1. The van der Waals surface area contributed by atoms with Crippen LogP contribution >= 0.6 is 27.5 Å². The number of halogens is 2. The molecule has 0 aliphatic carbocycles. The number of hydrogen-bond donors (Lipinski definition) is 1. The van der Waals surface area contributed by atoms with Gasteiger partial charge in [-0.2, -0.15) is 0 Å². The largest absolute Gasteiger partial charge is 0.383 e. The molecule has 3 aromatic rings. The molecule has 0 fully saturated rings. The van der Waals surface area contributed by atoms with Crippen LogP contribution in [0.15, 0.2) is 35.1 Å². The summed E-state index contributed by atoms with van der Waals surface area (Å²) < 4.78 is 8.28. The second-order valence-corrected chi connectivity index (χ2v) is 6.14. The van der Waals surface area contributed by atoms with Crippen molar-refractivity contribution in [3.8, 4) is 11.3 Å². The number of benzene rings is 1. The Hall–Kier alpha value is -1.63. The molecule has 0 atom stereocenters. The maximum absolute atomic E-state index is 6.26. The molecule has 0 amide bonds. The molecule has 2 N–H and O–H groups in total. The molecule has 1 aromatic carbocycles. The van der Waals surface area contributed by atoms with Crippen LogP contribution in [0.5, 0.6) is 0 Å². The van der Waals surface area contributed by atoms with E-state index in [0.29, 0.717) is 17.3 Å². The van der Waals surface area contributed by atoms with Gasteiger partial charge >= 0.3 is 0 Å². The van der Waals surface area contributed by atoms with E-state index in [1.807, 2.05) is 18.3 Å². The smallest absolute Gasteiger partial charge is 0.220 e. The molecule has 0 bridgehead atoms. The lowest BCUT2D eigenvalue weighted by molar-refractivity contribution is 0.188. The van der Waals surface area contributed by atoms with Crippen molar-refractivity contribution >= 4 is 44.4 Å². The van der Waals surface area contributed by atoms with Crippen LogP contribution in [0.2, 0.25) is 5.02 Å². The zero-order valence-corrected chi connectivity index (χ0v) is 14.2. The van der Waals surface area contributed by atoms with Gasteiger partial charge < -0.3 is 15.0 Å². The predicted molar refractivity (Wildman–Crippen MR) is 92.0 cm³/mol. The standard InChI is InChI=1S/C15H14BrClN4O/c1-22-5-4-21-8-11(10-6-9(16)2-3-13(10)21)14-12(17)7-19-15(18)20-14/h2-3,6-8H,4-5H2,1H3,(H2,18,19,20). The second-order valence-electron chi connectivity index (χ2n) is 4.82. The SMILES string of the molecule is COCCn1cc(-c2nc(N)ncc2Cl)c2cc(Br)ccc21. The van der Waals surface area contributed by atoms with Gasteiger partial charge in [0.1, 0.15) is 0 Å². The highest BCUT2D eigenvalue weighted by Gasteiger charge is 2.15. The predicted octanol–water partition coefficient (Wildman–Crippen LogP) is 3.74. The van der Waals surface area contributed by atoms with Crippen molar-refractivity contribution in [2.24, 2.45) is 0 Å². The van der Waals surface area contributed by atoms with Crippen LogP contribution in [0.1, 0.15) is 0 Å². The molecule has 5 nitrogen and oxygen atoms in total. The first-order valence-corrected chi connectivity index (χ1v) is 7.83. The molecule has 0 aliphatic heterocycles. The Bertz CT molecular complexity index is 834. The van der Waals surface area contributed by atoms with Gasteiger partial charge in [-0.3, -0.25) is 0 Å². The summed E-state index contributed by atoms with van der Waals surface area (Å²) in [6.07, 6.45) is 3.54. The Labute approximate surface area is 141 Å². The summed E-state index contributed by atoms with van der Waals surface area (Å²) in [5.74, 6) is 0.201. The Balaban J connectivity index is 2.24. The number of nitrogen functional groups attached to an aromatic ring is 1. The summed E-state index contributed by atoms with van der Waals surface area (Å²) in [5, 5.41) is 1.52. The minimum atomic E-state index is 0.201. The average Bonchev–Trinajstić information content (AvgIpc) is 2.85. The van der Waals surface area contributed by atoms with Crippen LogP contribution in [-0.2, 0) is 11.3 Å². The number of rotatable bonds is 4. The lowest BCUT2D eigenvalue weighted by Crippen LogP contribution is -2.02. The van der Waals surface area contributed by atoms with Crippen molar-refractivity contribution in [1.82, 2.24) is 14.5 Å². The fraction of sp³-hybridized carbons (Fsp3) is 0.200. The summed E-state index contributed by atoms with van der Waals surface area (Å²) in [4.78, 5) is 8.21. The van der Waals surface area contributed by atoms with Crippen molar-refractivity contribution in [3.05, 3.63) is 40.1 Å². The molecule has 114 valence electrons. The van der Waals surface area contributed by atoms with E-state index in [2.05, 4.69) is 36.5 Å². The van der Waals surface area contributed by atoms with Crippen molar-refractivity contribution in [2.45, 2.75) is 6.54 Å². The average molecular weight is 382 g/mol. The van der Waals surface area contributed by atoms with Gasteiger partial charge in [-0.25, -0.2) is 9.97 Å². The van der Waals surface area contributed by atoms with Crippen LogP contribution < -0.4 is 5.73 Å². The van der Waals surface area contributed by atoms with Crippen LogP contribution in [0.3, 0.4) is 0 Å². The maximum atomic E-state index is 6.26. The summed E-state index contributed by atoms with van der Waals surface area (Å²) in [6.45, 7) is 1.37. The van der Waals surface area contributed by atoms with Gasteiger partial charge in [0.2, 0.25) is 5.95 Å². The Morgan fingerprint density at radius 3 is 3.00 bits per heavy atom. The monoisotopic (exact) mass is 380 g/mol. The van der Waals surface area contributed by atoms with E-state index >= 15 is 0 Å². The highest BCUT2D eigenvalue weighted by atomic mass is 79.9. The molecule has 0 saturated heterocycles. The molecular formula is C15H14BrClN4O. The fourth-order valence-electron chi connectivity index (χ4n) is 2.40. The molecule has 2 aromatic heterocycles. The molecule has 2 heterocycles. The van der Waals surface area contributed by atoms with Gasteiger partial charge in [-0.1, -0.05) is 27.5 Å². The van der Waals surface area contributed by atoms with E-state index in [0.717, 1.165) is 27.5 Å². The Morgan fingerprint density at radius 2 is 2.23 bits per heavy atom. The molecule has 0 saturated carbocycles. The van der Waals surface area contributed by atoms with E-state index < -0.39 is 0 Å². The Kier molecular flexibility index (Phi) is 4.33. The van der Waals surface area contributed by atoms with Crippen molar-refractivity contribution < 1.29 is 4.74 Å². The number of aromatic nitrogens is 3. The first kappa shape index (κ1) is 15.3. The topological polar surface area (TPSA) is 66.0 Å². The molecule has 0 unspecified atom stereocenters. The van der Waals surface area contributed by atoms with Crippen LogP contribution in [-0.4, -0.2) is 28.3 Å². The fourth-order valence-corrected chi connectivity index (χ4v) is 2.96. The second kappa shape index (κ2) is 6.24.